The molecular formula is C17H22N2S. The summed E-state index contributed by atoms with van der Waals surface area (Å²) < 4.78 is 0. The topological polar surface area (TPSA) is 24.9 Å². The summed E-state index contributed by atoms with van der Waals surface area (Å²) in [6.07, 6.45) is 2.44. The van der Waals surface area contributed by atoms with Crippen LogP contribution in [0, 0.1) is 11.8 Å². The molecule has 0 spiro atoms. The number of benzene rings is 1. The fourth-order valence-electron chi connectivity index (χ4n) is 2.88. The molecule has 2 nitrogen and oxygen atoms in total. The molecular weight excluding hydrogens is 264 g/mol. The molecule has 3 rings (SSSR count). The SMILES string of the molecule is CCNC(Cc1nc(-c2ccccc2)cs1)C1CC1C. The molecule has 0 bridgehead atoms. The lowest BCUT2D eigenvalue weighted by Gasteiger charge is -2.16. The zero-order chi connectivity index (χ0) is 13.9. The Morgan fingerprint density at radius 1 is 1.35 bits per heavy atom. The van der Waals surface area contributed by atoms with Crippen LogP contribution in [0.15, 0.2) is 35.7 Å². The van der Waals surface area contributed by atoms with Crippen LogP contribution in [0.4, 0.5) is 0 Å². The Kier molecular flexibility index (Phi) is 4.18. The van der Waals surface area contributed by atoms with Crippen molar-refractivity contribution in [1.82, 2.24) is 10.3 Å². The highest BCUT2D eigenvalue weighted by Crippen LogP contribution is 2.41. The highest BCUT2D eigenvalue weighted by molar-refractivity contribution is 7.09. The second kappa shape index (κ2) is 6.06. The van der Waals surface area contributed by atoms with Gasteiger partial charge in [-0.05, 0) is 24.8 Å². The molecule has 1 aliphatic carbocycles. The molecule has 0 saturated heterocycles. The summed E-state index contributed by atoms with van der Waals surface area (Å²) in [4.78, 5) is 4.82. The van der Waals surface area contributed by atoms with Crippen LogP contribution >= 0.6 is 11.3 Å². The van der Waals surface area contributed by atoms with Gasteiger partial charge in [0.2, 0.25) is 0 Å². The maximum absolute atomic E-state index is 4.82. The average Bonchev–Trinajstić information content (AvgIpc) is 3.01. The van der Waals surface area contributed by atoms with Crippen molar-refractivity contribution >= 4 is 11.3 Å². The first-order valence-electron chi connectivity index (χ1n) is 7.51. The van der Waals surface area contributed by atoms with Crippen LogP contribution in [-0.2, 0) is 6.42 Å². The van der Waals surface area contributed by atoms with Gasteiger partial charge in [0.25, 0.3) is 0 Å². The molecule has 1 N–H and O–H groups in total. The van der Waals surface area contributed by atoms with Gasteiger partial charge in [-0.15, -0.1) is 11.3 Å². The minimum Gasteiger partial charge on any atom is -0.314 e. The van der Waals surface area contributed by atoms with Gasteiger partial charge in [-0.3, -0.25) is 0 Å². The van der Waals surface area contributed by atoms with E-state index in [1.54, 1.807) is 11.3 Å². The zero-order valence-corrected chi connectivity index (χ0v) is 13.0. The molecule has 1 fully saturated rings. The summed E-state index contributed by atoms with van der Waals surface area (Å²) in [7, 11) is 0. The number of rotatable bonds is 6. The molecule has 0 radical (unpaired) electrons. The lowest BCUT2D eigenvalue weighted by molar-refractivity contribution is 0.454. The van der Waals surface area contributed by atoms with Crippen molar-refractivity contribution < 1.29 is 0 Å². The van der Waals surface area contributed by atoms with Crippen molar-refractivity contribution in [3.63, 3.8) is 0 Å². The number of nitrogens with one attached hydrogen (secondary N) is 1. The van der Waals surface area contributed by atoms with E-state index in [0.29, 0.717) is 6.04 Å². The van der Waals surface area contributed by atoms with Gasteiger partial charge in [0.05, 0.1) is 10.7 Å². The molecule has 106 valence electrons. The molecule has 3 atom stereocenters. The molecule has 3 heteroatoms. The minimum atomic E-state index is 0.602. The van der Waals surface area contributed by atoms with E-state index in [1.165, 1.54) is 17.0 Å². The second-order valence-electron chi connectivity index (χ2n) is 5.74. The number of likely N-dealkylation sites (N-methyl/N-ethyl adjacent to an activating group) is 1. The van der Waals surface area contributed by atoms with E-state index in [1.807, 2.05) is 6.07 Å². The van der Waals surface area contributed by atoms with Crippen LogP contribution in [0.3, 0.4) is 0 Å². The van der Waals surface area contributed by atoms with Crippen LogP contribution in [0.25, 0.3) is 11.3 Å². The third-order valence-corrected chi connectivity index (χ3v) is 5.04. The summed E-state index contributed by atoms with van der Waals surface area (Å²) in [5, 5.41) is 7.08. The van der Waals surface area contributed by atoms with Crippen LogP contribution in [-0.4, -0.2) is 17.6 Å². The van der Waals surface area contributed by atoms with Gasteiger partial charge in [0.15, 0.2) is 0 Å². The first kappa shape index (κ1) is 13.8. The Labute approximate surface area is 125 Å². The van der Waals surface area contributed by atoms with Gasteiger partial charge in [0, 0.05) is 23.4 Å². The second-order valence-corrected chi connectivity index (χ2v) is 6.68. The van der Waals surface area contributed by atoms with Gasteiger partial charge in [-0.1, -0.05) is 44.2 Å². The Morgan fingerprint density at radius 2 is 2.10 bits per heavy atom. The first-order chi connectivity index (χ1) is 9.78. The third-order valence-electron chi connectivity index (χ3n) is 4.17. The third kappa shape index (κ3) is 3.10. The van der Waals surface area contributed by atoms with E-state index in [4.69, 9.17) is 4.98 Å². The monoisotopic (exact) mass is 286 g/mol. The molecule has 20 heavy (non-hydrogen) atoms. The summed E-state index contributed by atoms with van der Waals surface area (Å²) in [5.41, 5.74) is 2.33. The number of hydrogen-bond acceptors (Lipinski definition) is 3. The highest BCUT2D eigenvalue weighted by Gasteiger charge is 2.39. The number of thiazole rings is 1. The van der Waals surface area contributed by atoms with E-state index in [-0.39, 0.29) is 0 Å². The summed E-state index contributed by atoms with van der Waals surface area (Å²) in [6, 6.07) is 11.0. The fraction of sp³-hybridized carbons (Fsp3) is 0.471. The van der Waals surface area contributed by atoms with Crippen LogP contribution < -0.4 is 5.32 Å². The Bertz CT molecular complexity index is 549. The number of nitrogens with zero attached hydrogens (tertiary/aromatic N) is 1. The van der Waals surface area contributed by atoms with Crippen LogP contribution in [0.5, 0.6) is 0 Å². The van der Waals surface area contributed by atoms with Crippen molar-refractivity contribution in [2.24, 2.45) is 11.8 Å². The van der Waals surface area contributed by atoms with E-state index >= 15 is 0 Å². The zero-order valence-electron chi connectivity index (χ0n) is 12.2. The van der Waals surface area contributed by atoms with E-state index in [9.17, 15) is 0 Å². The van der Waals surface area contributed by atoms with Crippen LogP contribution in [0.1, 0.15) is 25.3 Å². The summed E-state index contributed by atoms with van der Waals surface area (Å²) in [6.45, 7) is 5.59. The normalized spacial score (nSPS) is 22.7. The minimum absolute atomic E-state index is 0.602. The van der Waals surface area contributed by atoms with Crippen molar-refractivity contribution in [3.8, 4) is 11.3 Å². The average molecular weight is 286 g/mol. The van der Waals surface area contributed by atoms with Crippen molar-refractivity contribution in [3.05, 3.63) is 40.7 Å². The highest BCUT2D eigenvalue weighted by atomic mass is 32.1. The van der Waals surface area contributed by atoms with E-state index < -0.39 is 0 Å². The molecule has 1 saturated carbocycles. The predicted molar refractivity (Wildman–Crippen MR) is 86.0 cm³/mol. The molecule has 3 unspecified atom stereocenters. The maximum Gasteiger partial charge on any atom is 0.0948 e. The summed E-state index contributed by atoms with van der Waals surface area (Å²) >= 11 is 1.79. The number of aromatic nitrogens is 1. The van der Waals surface area contributed by atoms with Gasteiger partial charge in [-0.2, -0.15) is 0 Å². The molecule has 1 aromatic heterocycles. The molecule has 2 aromatic rings. The first-order valence-corrected chi connectivity index (χ1v) is 8.39. The van der Waals surface area contributed by atoms with E-state index in [2.05, 4.69) is 48.8 Å². The lowest BCUT2D eigenvalue weighted by atomic mass is 10.1. The smallest absolute Gasteiger partial charge is 0.0948 e. The van der Waals surface area contributed by atoms with Crippen molar-refractivity contribution in [2.75, 3.05) is 6.54 Å². The molecule has 1 heterocycles. The van der Waals surface area contributed by atoms with Gasteiger partial charge in [-0.25, -0.2) is 4.98 Å². The molecule has 0 amide bonds. The Morgan fingerprint density at radius 3 is 2.75 bits per heavy atom. The predicted octanol–water partition coefficient (Wildman–Crippen LogP) is 3.99. The fourth-order valence-corrected chi connectivity index (χ4v) is 3.75. The Balaban J connectivity index is 1.70. The largest absolute Gasteiger partial charge is 0.314 e. The lowest BCUT2D eigenvalue weighted by Crippen LogP contribution is -2.33. The molecule has 1 aliphatic rings. The van der Waals surface area contributed by atoms with Crippen molar-refractivity contribution in [1.29, 1.82) is 0 Å². The van der Waals surface area contributed by atoms with E-state index in [0.717, 1.165) is 30.5 Å². The van der Waals surface area contributed by atoms with Gasteiger partial charge >= 0.3 is 0 Å². The molecule has 1 aromatic carbocycles. The summed E-state index contributed by atoms with van der Waals surface area (Å²) in [5.74, 6) is 1.73. The molecule has 0 aliphatic heterocycles. The van der Waals surface area contributed by atoms with Gasteiger partial charge < -0.3 is 5.32 Å². The number of hydrogen-bond donors (Lipinski definition) is 1. The standard InChI is InChI=1S/C17H22N2S/c1-3-18-15(14-9-12(14)2)10-17-19-16(11-20-17)13-7-5-4-6-8-13/h4-8,11-12,14-15,18H,3,9-10H2,1-2H3. The Hall–Kier alpha value is -1.19. The van der Waals surface area contributed by atoms with Gasteiger partial charge in [0.1, 0.15) is 0 Å². The quantitative estimate of drug-likeness (QED) is 0.868. The maximum atomic E-state index is 4.82. The van der Waals surface area contributed by atoms with Crippen LogP contribution in [0.2, 0.25) is 0 Å². The van der Waals surface area contributed by atoms with Crippen molar-refractivity contribution in [2.45, 2.75) is 32.7 Å².